The highest BCUT2D eigenvalue weighted by Gasteiger charge is 2.04. The molecule has 0 aromatic heterocycles. The molecule has 0 unspecified atom stereocenters. The van der Waals surface area contributed by atoms with E-state index in [1.54, 1.807) is 12.1 Å². The minimum Gasteiger partial charge on any atom is -0.381 e. The number of nitrogens with one attached hydrogen (secondary N) is 2. The van der Waals surface area contributed by atoms with Gasteiger partial charge in [0.2, 0.25) is 0 Å². The summed E-state index contributed by atoms with van der Waals surface area (Å²) in [7, 11) is 0. The monoisotopic (exact) mass is 279 g/mol. The van der Waals surface area contributed by atoms with E-state index in [1.165, 1.54) is 0 Å². The van der Waals surface area contributed by atoms with Crippen LogP contribution in [0.1, 0.15) is 28.4 Å². The maximum atomic E-state index is 11.8. The largest absolute Gasteiger partial charge is 0.381 e. The van der Waals surface area contributed by atoms with Crippen molar-refractivity contribution in [2.24, 2.45) is 0 Å². The topological polar surface area (TPSA) is 64.9 Å². The molecule has 0 saturated carbocycles. The summed E-state index contributed by atoms with van der Waals surface area (Å²) in [6, 6.07) is 16.9. The summed E-state index contributed by atoms with van der Waals surface area (Å²) < 4.78 is 0. The van der Waals surface area contributed by atoms with Gasteiger partial charge >= 0.3 is 0 Å². The van der Waals surface area contributed by atoms with Crippen molar-refractivity contribution in [1.29, 1.82) is 5.26 Å². The summed E-state index contributed by atoms with van der Waals surface area (Å²) in [6.07, 6.45) is 0. The summed E-state index contributed by atoms with van der Waals surface area (Å²) in [4.78, 5) is 11.8. The molecule has 2 aromatic carbocycles. The third kappa shape index (κ3) is 4.08. The number of benzene rings is 2. The van der Waals surface area contributed by atoms with Gasteiger partial charge in [0, 0.05) is 24.3 Å². The molecular formula is C17H17N3O. The van der Waals surface area contributed by atoms with Crippen LogP contribution in [0.2, 0.25) is 0 Å². The predicted molar refractivity (Wildman–Crippen MR) is 82.9 cm³/mol. The molecule has 1 amide bonds. The third-order valence-corrected chi connectivity index (χ3v) is 3.01. The van der Waals surface area contributed by atoms with Crippen molar-refractivity contribution in [3.8, 4) is 6.07 Å². The molecule has 2 N–H and O–H groups in total. The van der Waals surface area contributed by atoms with Crippen LogP contribution in [0.3, 0.4) is 0 Å². The van der Waals surface area contributed by atoms with E-state index in [4.69, 9.17) is 5.26 Å². The summed E-state index contributed by atoms with van der Waals surface area (Å²) in [5.41, 5.74) is 3.18. The molecular weight excluding hydrogens is 262 g/mol. The van der Waals surface area contributed by atoms with Crippen molar-refractivity contribution in [3.05, 3.63) is 65.2 Å². The standard InChI is InChI=1S/C17H17N3O/c1-2-19-17(21)15-7-4-8-16(10-15)20-12-14-6-3-5-13(9-14)11-18/h3-10,20H,2,12H2,1H3,(H,19,21). The van der Waals surface area contributed by atoms with Gasteiger partial charge in [-0.2, -0.15) is 5.26 Å². The summed E-state index contributed by atoms with van der Waals surface area (Å²) in [5, 5.41) is 14.9. The lowest BCUT2D eigenvalue weighted by molar-refractivity contribution is 0.0956. The van der Waals surface area contributed by atoms with Crippen LogP contribution in [0.15, 0.2) is 48.5 Å². The number of anilines is 1. The molecule has 0 heterocycles. The van der Waals surface area contributed by atoms with Crippen molar-refractivity contribution >= 4 is 11.6 Å². The summed E-state index contributed by atoms with van der Waals surface area (Å²) >= 11 is 0. The van der Waals surface area contributed by atoms with Gasteiger partial charge in [0.25, 0.3) is 5.91 Å². The quantitative estimate of drug-likeness (QED) is 0.884. The zero-order valence-corrected chi connectivity index (χ0v) is 11.9. The Bertz CT molecular complexity index is 674. The van der Waals surface area contributed by atoms with Gasteiger partial charge in [-0.3, -0.25) is 4.79 Å². The van der Waals surface area contributed by atoms with Gasteiger partial charge in [0.15, 0.2) is 0 Å². The van der Waals surface area contributed by atoms with Crippen LogP contribution < -0.4 is 10.6 Å². The maximum absolute atomic E-state index is 11.8. The lowest BCUT2D eigenvalue weighted by atomic mass is 10.1. The summed E-state index contributed by atoms with van der Waals surface area (Å²) in [6.45, 7) is 3.11. The number of nitrogens with zero attached hydrogens (tertiary/aromatic N) is 1. The number of hydrogen-bond donors (Lipinski definition) is 2. The second-order valence-electron chi connectivity index (χ2n) is 4.61. The lowest BCUT2D eigenvalue weighted by Crippen LogP contribution is -2.22. The van der Waals surface area contributed by atoms with Crippen molar-refractivity contribution in [2.75, 3.05) is 11.9 Å². The molecule has 2 aromatic rings. The Balaban J connectivity index is 2.04. The number of hydrogen-bond acceptors (Lipinski definition) is 3. The van der Waals surface area contributed by atoms with Gasteiger partial charge in [-0.1, -0.05) is 18.2 Å². The zero-order valence-electron chi connectivity index (χ0n) is 11.9. The fourth-order valence-electron chi connectivity index (χ4n) is 1.99. The first kappa shape index (κ1) is 14.6. The van der Waals surface area contributed by atoms with E-state index in [9.17, 15) is 4.79 Å². The SMILES string of the molecule is CCNC(=O)c1cccc(NCc2cccc(C#N)c2)c1. The molecule has 4 nitrogen and oxygen atoms in total. The Labute approximate surface area is 124 Å². The van der Waals surface area contributed by atoms with Gasteiger partial charge < -0.3 is 10.6 Å². The Morgan fingerprint density at radius 2 is 2.00 bits per heavy atom. The van der Waals surface area contributed by atoms with Gasteiger partial charge in [-0.25, -0.2) is 0 Å². The van der Waals surface area contributed by atoms with Crippen molar-refractivity contribution < 1.29 is 4.79 Å². The Morgan fingerprint density at radius 3 is 2.76 bits per heavy atom. The molecule has 0 fully saturated rings. The predicted octanol–water partition coefficient (Wildman–Crippen LogP) is 2.92. The second kappa shape index (κ2) is 7.11. The molecule has 106 valence electrons. The fraction of sp³-hybridized carbons (Fsp3) is 0.176. The van der Waals surface area contributed by atoms with Gasteiger partial charge in [-0.05, 0) is 42.8 Å². The molecule has 4 heteroatoms. The minimum atomic E-state index is -0.0763. The number of carbonyl (C=O) groups is 1. The van der Waals surface area contributed by atoms with E-state index in [2.05, 4.69) is 16.7 Å². The molecule has 0 aliphatic rings. The molecule has 0 atom stereocenters. The third-order valence-electron chi connectivity index (χ3n) is 3.01. The Morgan fingerprint density at radius 1 is 1.19 bits per heavy atom. The highest BCUT2D eigenvalue weighted by molar-refractivity contribution is 5.95. The van der Waals surface area contributed by atoms with Gasteiger partial charge in [0.05, 0.1) is 11.6 Å². The Kier molecular flexibility index (Phi) is 4.94. The molecule has 0 bridgehead atoms. The first-order valence-corrected chi connectivity index (χ1v) is 6.84. The average molecular weight is 279 g/mol. The van der Waals surface area contributed by atoms with Crippen molar-refractivity contribution in [2.45, 2.75) is 13.5 Å². The molecule has 0 spiro atoms. The normalized spacial score (nSPS) is 9.71. The molecule has 0 radical (unpaired) electrons. The van der Waals surface area contributed by atoms with Crippen LogP contribution in [-0.4, -0.2) is 12.5 Å². The van der Waals surface area contributed by atoms with Crippen LogP contribution in [0, 0.1) is 11.3 Å². The van der Waals surface area contributed by atoms with Gasteiger partial charge in [0.1, 0.15) is 0 Å². The molecule has 0 aliphatic heterocycles. The van der Waals surface area contributed by atoms with Crippen LogP contribution in [-0.2, 0) is 6.54 Å². The van der Waals surface area contributed by atoms with Crippen molar-refractivity contribution in [3.63, 3.8) is 0 Å². The van der Waals surface area contributed by atoms with Crippen LogP contribution in [0.4, 0.5) is 5.69 Å². The lowest BCUT2D eigenvalue weighted by Gasteiger charge is -2.09. The van der Waals surface area contributed by atoms with E-state index in [0.717, 1.165) is 11.3 Å². The van der Waals surface area contributed by atoms with E-state index < -0.39 is 0 Å². The number of amides is 1. The maximum Gasteiger partial charge on any atom is 0.251 e. The van der Waals surface area contributed by atoms with Crippen LogP contribution in [0.5, 0.6) is 0 Å². The minimum absolute atomic E-state index is 0.0763. The number of carbonyl (C=O) groups excluding carboxylic acids is 1. The second-order valence-corrected chi connectivity index (χ2v) is 4.61. The van der Waals surface area contributed by atoms with Gasteiger partial charge in [-0.15, -0.1) is 0 Å². The number of nitriles is 1. The van der Waals surface area contributed by atoms with Crippen molar-refractivity contribution in [1.82, 2.24) is 5.32 Å². The molecule has 2 rings (SSSR count). The van der Waals surface area contributed by atoms with E-state index in [1.807, 2.05) is 43.3 Å². The molecule has 21 heavy (non-hydrogen) atoms. The van der Waals surface area contributed by atoms with Crippen LogP contribution in [0.25, 0.3) is 0 Å². The van der Waals surface area contributed by atoms with E-state index in [-0.39, 0.29) is 5.91 Å². The van der Waals surface area contributed by atoms with E-state index in [0.29, 0.717) is 24.2 Å². The summed E-state index contributed by atoms with van der Waals surface area (Å²) in [5.74, 6) is -0.0763. The average Bonchev–Trinajstić information content (AvgIpc) is 2.53. The first-order chi connectivity index (χ1) is 10.2. The van der Waals surface area contributed by atoms with Crippen LogP contribution >= 0.6 is 0 Å². The molecule has 0 aliphatic carbocycles. The fourth-order valence-corrected chi connectivity index (χ4v) is 1.99. The smallest absolute Gasteiger partial charge is 0.251 e. The molecule has 0 saturated heterocycles. The Hall–Kier alpha value is -2.80. The first-order valence-electron chi connectivity index (χ1n) is 6.84. The zero-order chi connectivity index (χ0) is 15.1. The highest BCUT2D eigenvalue weighted by Crippen LogP contribution is 2.13. The van der Waals surface area contributed by atoms with E-state index >= 15 is 0 Å². The number of rotatable bonds is 5. The highest BCUT2D eigenvalue weighted by atomic mass is 16.1.